The van der Waals surface area contributed by atoms with Crippen LogP contribution in [-0.2, 0) is 0 Å². The van der Waals surface area contributed by atoms with E-state index in [1.54, 1.807) is 20.0 Å². The van der Waals surface area contributed by atoms with Crippen LogP contribution in [0.5, 0.6) is 0 Å². The number of hydrogen-bond acceptors (Lipinski definition) is 6. The number of hydrogen-bond donors (Lipinski definition) is 2. The maximum atomic E-state index is 11.1. The third-order valence-corrected chi connectivity index (χ3v) is 2.85. The van der Waals surface area contributed by atoms with Crippen LogP contribution >= 0.6 is 0 Å². The maximum absolute atomic E-state index is 11.1. The lowest BCUT2D eigenvalue weighted by molar-refractivity contribution is -0.384. The standard InChI is InChI=1S/C12H16N6O2/c1-4-9(11-14-8(3)16-17-11)15-12-10(18(19)20)5-7(2)6-13-12/h5-6,9H,4H2,1-3H3,(H,13,15)(H,14,16,17)/t9-/m0/s1. The molecule has 0 saturated carbocycles. The smallest absolute Gasteiger partial charge is 0.311 e. The summed E-state index contributed by atoms with van der Waals surface area (Å²) >= 11 is 0. The average molecular weight is 276 g/mol. The van der Waals surface area contributed by atoms with Gasteiger partial charge in [0.25, 0.3) is 0 Å². The van der Waals surface area contributed by atoms with E-state index in [2.05, 4.69) is 25.5 Å². The summed E-state index contributed by atoms with van der Waals surface area (Å²) in [6, 6.07) is 1.26. The van der Waals surface area contributed by atoms with Crippen molar-refractivity contribution in [3.8, 4) is 0 Å². The third kappa shape index (κ3) is 2.90. The Morgan fingerprint density at radius 1 is 1.50 bits per heavy atom. The molecule has 2 aromatic heterocycles. The van der Waals surface area contributed by atoms with Crippen LogP contribution in [-0.4, -0.2) is 25.1 Å². The second-order valence-electron chi connectivity index (χ2n) is 4.52. The number of nitrogens with zero attached hydrogens (tertiary/aromatic N) is 4. The Kier molecular flexibility index (Phi) is 3.92. The molecule has 0 saturated heterocycles. The number of nitrogens with one attached hydrogen (secondary N) is 2. The average Bonchev–Trinajstić information content (AvgIpc) is 2.83. The SMILES string of the molecule is CC[C@H](Nc1ncc(C)cc1[N+](=O)[O-])c1n[nH]c(C)n1. The van der Waals surface area contributed by atoms with Gasteiger partial charge >= 0.3 is 5.69 Å². The lowest BCUT2D eigenvalue weighted by atomic mass is 10.2. The lowest BCUT2D eigenvalue weighted by Crippen LogP contribution is -2.14. The molecule has 106 valence electrons. The lowest BCUT2D eigenvalue weighted by Gasteiger charge is -2.14. The monoisotopic (exact) mass is 276 g/mol. The Bertz CT molecular complexity index is 624. The predicted molar refractivity (Wildman–Crippen MR) is 73.4 cm³/mol. The minimum atomic E-state index is -0.446. The molecule has 0 bridgehead atoms. The fourth-order valence-electron chi connectivity index (χ4n) is 1.83. The number of anilines is 1. The van der Waals surface area contributed by atoms with E-state index >= 15 is 0 Å². The summed E-state index contributed by atoms with van der Waals surface area (Å²) in [7, 11) is 0. The first-order chi connectivity index (χ1) is 9.51. The molecule has 0 aliphatic heterocycles. The van der Waals surface area contributed by atoms with Gasteiger partial charge in [0, 0.05) is 12.3 Å². The van der Waals surface area contributed by atoms with Gasteiger partial charge in [0.1, 0.15) is 5.82 Å². The fraction of sp³-hybridized carbons (Fsp3) is 0.417. The highest BCUT2D eigenvalue weighted by Gasteiger charge is 2.21. The van der Waals surface area contributed by atoms with Gasteiger partial charge in [0.15, 0.2) is 5.82 Å². The summed E-state index contributed by atoms with van der Waals surface area (Å²) in [4.78, 5) is 19.0. The zero-order valence-corrected chi connectivity index (χ0v) is 11.5. The Morgan fingerprint density at radius 2 is 2.25 bits per heavy atom. The van der Waals surface area contributed by atoms with Gasteiger partial charge in [-0.05, 0) is 25.8 Å². The molecule has 0 unspecified atom stereocenters. The molecule has 0 aliphatic rings. The van der Waals surface area contributed by atoms with Crippen molar-refractivity contribution in [3.05, 3.63) is 39.6 Å². The van der Waals surface area contributed by atoms with Crippen molar-refractivity contribution < 1.29 is 4.92 Å². The molecule has 2 heterocycles. The Morgan fingerprint density at radius 3 is 2.80 bits per heavy atom. The largest absolute Gasteiger partial charge is 0.354 e. The highest BCUT2D eigenvalue weighted by molar-refractivity contribution is 5.57. The summed E-state index contributed by atoms with van der Waals surface area (Å²) in [5.41, 5.74) is 0.694. The van der Waals surface area contributed by atoms with Gasteiger partial charge < -0.3 is 5.32 Å². The van der Waals surface area contributed by atoms with Gasteiger partial charge in [-0.2, -0.15) is 5.10 Å². The molecule has 0 fully saturated rings. The topological polar surface area (TPSA) is 110 Å². The molecule has 2 N–H and O–H groups in total. The fourth-order valence-corrected chi connectivity index (χ4v) is 1.83. The first-order valence-corrected chi connectivity index (χ1v) is 6.27. The van der Waals surface area contributed by atoms with Crippen LogP contribution in [0.4, 0.5) is 11.5 Å². The highest BCUT2D eigenvalue weighted by atomic mass is 16.6. The molecule has 2 rings (SSSR count). The second kappa shape index (κ2) is 5.64. The van der Waals surface area contributed by atoms with Gasteiger partial charge in [-0.1, -0.05) is 6.92 Å². The van der Waals surface area contributed by atoms with Crippen molar-refractivity contribution >= 4 is 11.5 Å². The normalized spacial score (nSPS) is 12.2. The number of aromatic amines is 1. The Balaban J connectivity index is 2.30. The summed E-state index contributed by atoms with van der Waals surface area (Å²) in [5.74, 6) is 1.50. The Labute approximate surface area is 115 Å². The molecule has 8 nitrogen and oxygen atoms in total. The van der Waals surface area contributed by atoms with Crippen molar-refractivity contribution in [1.29, 1.82) is 0 Å². The number of nitro groups is 1. The highest BCUT2D eigenvalue weighted by Crippen LogP contribution is 2.27. The van der Waals surface area contributed by atoms with Crippen LogP contribution in [0.3, 0.4) is 0 Å². The van der Waals surface area contributed by atoms with E-state index in [4.69, 9.17) is 0 Å². The van der Waals surface area contributed by atoms with Gasteiger partial charge in [-0.15, -0.1) is 0 Å². The minimum absolute atomic E-state index is 0.0456. The molecule has 0 amide bonds. The molecular formula is C12H16N6O2. The molecule has 0 radical (unpaired) electrons. The van der Waals surface area contributed by atoms with Crippen molar-refractivity contribution in [2.75, 3.05) is 5.32 Å². The van der Waals surface area contributed by atoms with Crippen molar-refractivity contribution in [2.45, 2.75) is 33.2 Å². The van der Waals surface area contributed by atoms with Crippen LogP contribution in [0.25, 0.3) is 0 Å². The van der Waals surface area contributed by atoms with Crippen molar-refractivity contribution in [1.82, 2.24) is 20.2 Å². The number of H-pyrrole nitrogens is 1. The molecule has 1 atom stereocenters. The summed E-state index contributed by atoms with van der Waals surface area (Å²) < 4.78 is 0. The molecule has 20 heavy (non-hydrogen) atoms. The van der Waals surface area contributed by atoms with E-state index in [1.165, 1.54) is 6.07 Å². The predicted octanol–water partition coefficient (Wildman–Crippen LogP) is 2.29. The second-order valence-corrected chi connectivity index (χ2v) is 4.52. The van der Waals surface area contributed by atoms with E-state index in [9.17, 15) is 10.1 Å². The number of aromatic nitrogens is 4. The summed E-state index contributed by atoms with van der Waals surface area (Å²) in [6.45, 7) is 5.51. The zero-order chi connectivity index (χ0) is 14.7. The molecule has 8 heteroatoms. The van der Waals surface area contributed by atoms with Gasteiger partial charge in [-0.3, -0.25) is 15.2 Å². The van der Waals surface area contributed by atoms with E-state index in [1.807, 2.05) is 6.92 Å². The van der Waals surface area contributed by atoms with Gasteiger partial charge in [0.05, 0.1) is 11.0 Å². The first-order valence-electron chi connectivity index (χ1n) is 6.27. The molecule has 2 aromatic rings. The van der Waals surface area contributed by atoms with Crippen LogP contribution in [0.2, 0.25) is 0 Å². The quantitative estimate of drug-likeness (QED) is 0.640. The number of rotatable bonds is 5. The van der Waals surface area contributed by atoms with Crippen LogP contribution < -0.4 is 5.32 Å². The van der Waals surface area contributed by atoms with Crippen LogP contribution in [0.15, 0.2) is 12.3 Å². The zero-order valence-electron chi connectivity index (χ0n) is 11.5. The number of pyridine rings is 1. The molecular weight excluding hydrogens is 260 g/mol. The van der Waals surface area contributed by atoms with Crippen molar-refractivity contribution in [3.63, 3.8) is 0 Å². The van der Waals surface area contributed by atoms with E-state index in [0.29, 0.717) is 18.1 Å². The molecule has 0 spiro atoms. The molecule has 0 aliphatic carbocycles. The summed E-state index contributed by atoms with van der Waals surface area (Å²) in [5, 5.41) is 20.9. The van der Waals surface area contributed by atoms with Crippen LogP contribution in [0, 0.1) is 24.0 Å². The summed E-state index contributed by atoms with van der Waals surface area (Å²) in [6.07, 6.45) is 2.27. The van der Waals surface area contributed by atoms with E-state index in [0.717, 1.165) is 5.56 Å². The van der Waals surface area contributed by atoms with Crippen molar-refractivity contribution in [2.24, 2.45) is 0 Å². The maximum Gasteiger partial charge on any atom is 0.311 e. The Hall–Kier alpha value is -2.51. The first kappa shape index (κ1) is 13.9. The van der Waals surface area contributed by atoms with E-state index in [-0.39, 0.29) is 17.5 Å². The van der Waals surface area contributed by atoms with Crippen LogP contribution in [0.1, 0.15) is 36.6 Å². The van der Waals surface area contributed by atoms with E-state index < -0.39 is 4.92 Å². The third-order valence-electron chi connectivity index (χ3n) is 2.85. The minimum Gasteiger partial charge on any atom is -0.354 e. The van der Waals surface area contributed by atoms with Gasteiger partial charge in [0.2, 0.25) is 5.82 Å². The molecule has 0 aromatic carbocycles. The van der Waals surface area contributed by atoms with Gasteiger partial charge in [-0.25, -0.2) is 9.97 Å². The number of aryl methyl sites for hydroxylation is 2.